The Hall–Kier alpha value is -4.40. The summed E-state index contributed by atoms with van der Waals surface area (Å²) in [6.45, 7) is 3.62. The lowest BCUT2D eigenvalue weighted by molar-refractivity contribution is -0.152. The van der Waals surface area contributed by atoms with Gasteiger partial charge in [0.15, 0.2) is 0 Å². The minimum atomic E-state index is -0.428. The van der Waals surface area contributed by atoms with Crippen molar-refractivity contribution in [1.29, 1.82) is 0 Å². The van der Waals surface area contributed by atoms with E-state index in [0.717, 1.165) is 0 Å². The third-order valence-electron chi connectivity index (χ3n) is 4.94. The highest BCUT2D eigenvalue weighted by molar-refractivity contribution is 6.21. The van der Waals surface area contributed by atoms with Crippen LogP contribution in [0.1, 0.15) is 26.7 Å². The molecule has 2 amide bonds. The number of carbonyl (C=O) groups excluding carboxylic acids is 4. The average molecular weight is 481 g/mol. The Labute approximate surface area is 203 Å². The van der Waals surface area contributed by atoms with Gasteiger partial charge in [-0.25, -0.2) is 0 Å². The number of anilines is 2. The number of nitrogen functional groups attached to an aromatic ring is 1. The Morgan fingerprint density at radius 3 is 1.80 bits per heavy atom. The summed E-state index contributed by atoms with van der Waals surface area (Å²) in [7, 11) is 0. The van der Waals surface area contributed by atoms with Gasteiger partial charge in [-0.15, -0.1) is 0 Å². The number of hydrogen-bond donors (Lipinski definition) is 3. The predicted molar refractivity (Wildman–Crippen MR) is 130 cm³/mol. The van der Waals surface area contributed by atoms with Gasteiger partial charge in [0.2, 0.25) is 11.8 Å². The number of aromatic hydroxyl groups is 2. The summed E-state index contributed by atoms with van der Waals surface area (Å²) in [6, 6.07) is 12.4. The Balaban J connectivity index is 0.000000204. The maximum Gasteiger partial charge on any atom is 0.321 e. The molecule has 0 radical (unpaired) electrons. The summed E-state index contributed by atoms with van der Waals surface area (Å²) in [5.41, 5.74) is 6.49. The van der Waals surface area contributed by atoms with Crippen LogP contribution in [0.25, 0.3) is 0 Å². The maximum absolute atomic E-state index is 12.0. The third kappa shape index (κ3) is 7.85. The van der Waals surface area contributed by atoms with Crippen LogP contribution in [-0.2, 0) is 23.9 Å². The number of nitrogens with two attached hydrogens (primary N) is 1. The van der Waals surface area contributed by atoms with E-state index in [2.05, 4.69) is 4.74 Å². The van der Waals surface area contributed by atoms with E-state index in [1.807, 2.05) is 6.92 Å². The quantitative estimate of drug-likeness (QED) is 0.151. The molecule has 4 rings (SSSR count). The number of benzene rings is 2. The van der Waals surface area contributed by atoms with Crippen molar-refractivity contribution in [3.63, 3.8) is 0 Å². The van der Waals surface area contributed by atoms with Crippen LogP contribution >= 0.6 is 0 Å². The first-order valence-corrected chi connectivity index (χ1v) is 10.9. The van der Waals surface area contributed by atoms with Gasteiger partial charge in [-0.1, -0.05) is 24.3 Å². The largest absolute Gasteiger partial charge is 0.508 e. The lowest BCUT2D eigenvalue weighted by atomic mass is 10.1. The molecule has 0 aliphatic carbocycles. The smallest absolute Gasteiger partial charge is 0.321 e. The van der Waals surface area contributed by atoms with E-state index in [1.165, 1.54) is 17.0 Å². The van der Waals surface area contributed by atoms with Crippen LogP contribution in [-0.4, -0.2) is 34.0 Å². The molecule has 9 heteroatoms. The van der Waals surface area contributed by atoms with Crippen molar-refractivity contribution in [2.24, 2.45) is 11.8 Å². The zero-order chi connectivity index (χ0) is 26.0. The molecule has 2 heterocycles. The van der Waals surface area contributed by atoms with Crippen molar-refractivity contribution in [2.45, 2.75) is 26.7 Å². The van der Waals surface area contributed by atoms with Gasteiger partial charge in [0, 0.05) is 12.1 Å². The summed E-state index contributed by atoms with van der Waals surface area (Å²) in [5.74, 6) is -1.60. The molecule has 0 spiro atoms. The van der Waals surface area contributed by atoms with E-state index in [4.69, 9.17) is 15.9 Å². The molecule has 184 valence electrons. The molecule has 2 saturated heterocycles. The van der Waals surface area contributed by atoms with E-state index in [1.54, 1.807) is 67.6 Å². The van der Waals surface area contributed by atoms with Gasteiger partial charge in [0.05, 0.1) is 23.9 Å². The molecule has 4 N–H and O–H groups in total. The highest BCUT2D eigenvalue weighted by Gasteiger charge is 2.37. The molecule has 2 aliphatic rings. The fourth-order valence-corrected chi connectivity index (χ4v) is 3.26. The highest BCUT2D eigenvalue weighted by Crippen LogP contribution is 2.28. The van der Waals surface area contributed by atoms with E-state index in [0.29, 0.717) is 11.4 Å². The van der Waals surface area contributed by atoms with Crippen molar-refractivity contribution in [1.82, 2.24) is 0 Å². The van der Waals surface area contributed by atoms with Crippen molar-refractivity contribution in [3.8, 4) is 11.5 Å². The van der Waals surface area contributed by atoms with Crippen molar-refractivity contribution in [3.05, 3.63) is 72.8 Å². The summed E-state index contributed by atoms with van der Waals surface area (Å²) >= 11 is 0. The van der Waals surface area contributed by atoms with Gasteiger partial charge in [-0.05, 0) is 62.4 Å². The molecular formula is C26H28N2O7. The first-order valence-electron chi connectivity index (χ1n) is 10.9. The minimum Gasteiger partial charge on any atom is -0.508 e. The third-order valence-corrected chi connectivity index (χ3v) is 4.94. The maximum atomic E-state index is 12.0. The zero-order valence-electron chi connectivity index (χ0n) is 19.5. The van der Waals surface area contributed by atoms with Gasteiger partial charge in [0.25, 0.3) is 0 Å². The molecule has 2 unspecified atom stereocenters. The van der Waals surface area contributed by atoms with E-state index >= 15 is 0 Å². The average Bonchev–Trinajstić information content (AvgIpc) is 3.29. The highest BCUT2D eigenvalue weighted by atomic mass is 16.6. The Morgan fingerprint density at radius 1 is 0.829 bits per heavy atom. The van der Waals surface area contributed by atoms with Gasteiger partial charge in [-0.2, -0.15) is 0 Å². The second-order valence-electron chi connectivity index (χ2n) is 7.64. The fraction of sp³-hybridized carbons (Fsp3) is 0.231. The number of imide groups is 1. The van der Waals surface area contributed by atoms with Crippen LogP contribution in [0.5, 0.6) is 11.5 Å². The molecule has 0 aromatic heterocycles. The number of ether oxygens (including phenoxy) is 1. The molecule has 2 fully saturated rings. The van der Waals surface area contributed by atoms with Crippen molar-refractivity contribution < 1.29 is 34.1 Å². The van der Waals surface area contributed by atoms with Crippen LogP contribution < -0.4 is 10.6 Å². The van der Waals surface area contributed by atoms with Gasteiger partial charge < -0.3 is 20.7 Å². The summed E-state index contributed by atoms with van der Waals surface area (Å²) in [4.78, 5) is 46.1. The van der Waals surface area contributed by atoms with Gasteiger partial charge in [-0.3, -0.25) is 24.1 Å². The number of esters is 2. The van der Waals surface area contributed by atoms with E-state index in [9.17, 15) is 19.2 Å². The standard InChI is InChI=1S/C13H13NO3.C7H8O3.C6H7NO/c1-2-3-9-8-12(16)14(13(9)17)10-4-6-11(15)7-5-10;1-2-3-5-4-6(8)10-7(5)9;7-5-1-3-6(8)4-2-5/h2-7,9,15H,8H2,1H3;2-3,5H,4H2,1H3;1-4,8H,7H2/b2*3-2+;. The Morgan fingerprint density at radius 2 is 1.34 bits per heavy atom. The number of allylic oxidation sites excluding steroid dienone is 2. The second-order valence-corrected chi connectivity index (χ2v) is 7.64. The molecule has 0 bridgehead atoms. The van der Waals surface area contributed by atoms with Gasteiger partial charge >= 0.3 is 11.9 Å². The number of phenolic OH excluding ortho intramolecular Hbond substituents is 2. The molecule has 0 saturated carbocycles. The monoisotopic (exact) mass is 480 g/mol. The molecule has 2 aromatic rings. The SMILES string of the molecule is C/C=C/C1CC(=O)N(c2ccc(O)cc2)C1=O.C/C=C/C1CC(=O)OC1=O.Nc1ccc(O)cc1. The van der Waals surface area contributed by atoms with Crippen LogP contribution in [0.2, 0.25) is 0 Å². The molecule has 35 heavy (non-hydrogen) atoms. The molecule has 9 nitrogen and oxygen atoms in total. The lowest BCUT2D eigenvalue weighted by Gasteiger charge is -2.14. The summed E-state index contributed by atoms with van der Waals surface area (Å²) in [6.07, 6.45) is 7.34. The van der Waals surface area contributed by atoms with Crippen LogP contribution in [0.3, 0.4) is 0 Å². The number of phenols is 2. The van der Waals surface area contributed by atoms with Crippen molar-refractivity contribution >= 4 is 35.1 Å². The Kier molecular flexibility index (Phi) is 9.77. The number of hydrogen-bond acceptors (Lipinski definition) is 8. The molecule has 2 aromatic carbocycles. The summed E-state index contributed by atoms with van der Waals surface area (Å²) < 4.78 is 4.30. The van der Waals surface area contributed by atoms with E-state index < -0.39 is 11.9 Å². The first kappa shape index (κ1) is 26.8. The Bertz CT molecular complexity index is 1080. The predicted octanol–water partition coefficient (Wildman–Crippen LogP) is 3.47. The minimum absolute atomic E-state index is 0.109. The lowest BCUT2D eigenvalue weighted by Crippen LogP contribution is -2.29. The normalized spacial score (nSPS) is 19.4. The van der Waals surface area contributed by atoms with E-state index in [-0.39, 0.29) is 48.0 Å². The zero-order valence-corrected chi connectivity index (χ0v) is 19.5. The molecule has 2 aliphatic heterocycles. The topological polar surface area (TPSA) is 147 Å². The fourth-order valence-electron chi connectivity index (χ4n) is 3.26. The first-order chi connectivity index (χ1) is 16.7. The summed E-state index contributed by atoms with van der Waals surface area (Å²) in [5, 5.41) is 17.9. The van der Waals surface area contributed by atoms with Crippen molar-refractivity contribution in [2.75, 3.05) is 10.6 Å². The van der Waals surface area contributed by atoms with Gasteiger partial charge in [0.1, 0.15) is 11.5 Å². The number of rotatable bonds is 3. The molecule has 2 atom stereocenters. The second kappa shape index (κ2) is 12.7. The van der Waals surface area contributed by atoms with Crippen LogP contribution in [0.4, 0.5) is 11.4 Å². The number of nitrogens with zero attached hydrogens (tertiary/aromatic N) is 1. The number of amides is 2. The number of carbonyl (C=O) groups is 4. The number of cyclic esters (lactones) is 2. The molecular weight excluding hydrogens is 452 g/mol. The van der Waals surface area contributed by atoms with Crippen LogP contribution in [0.15, 0.2) is 72.8 Å². The van der Waals surface area contributed by atoms with Crippen LogP contribution in [0, 0.1) is 11.8 Å².